The number of para-hydroxylation sites is 1. The summed E-state index contributed by atoms with van der Waals surface area (Å²) in [7, 11) is 0. The van der Waals surface area contributed by atoms with E-state index in [1.165, 1.54) is 9.75 Å². The number of aryl methyl sites for hydroxylation is 1. The predicted octanol–water partition coefficient (Wildman–Crippen LogP) is 4.48. The Hall–Kier alpha value is -2.07. The van der Waals surface area contributed by atoms with Crippen LogP contribution in [0.4, 0.5) is 0 Å². The Kier molecular flexibility index (Phi) is 7.32. The number of fused-ring (bicyclic) bond motifs is 1. The number of halogens is 1. The third kappa shape index (κ3) is 4.67. The number of nitrogens with zero attached hydrogens (tertiary/aromatic N) is 1. The molecule has 0 amide bonds. The molecule has 0 spiro atoms. The zero-order valence-electron chi connectivity index (χ0n) is 16.1. The molecular weight excluding hydrogens is 434 g/mol. The average molecular weight is 458 g/mol. The van der Waals surface area contributed by atoms with Gasteiger partial charge in [0.05, 0.1) is 11.1 Å². The van der Waals surface area contributed by atoms with Gasteiger partial charge in [-0.25, -0.2) is 0 Å². The molecule has 0 atom stereocenters. The van der Waals surface area contributed by atoms with E-state index in [4.69, 9.17) is 0 Å². The highest BCUT2D eigenvalue weighted by molar-refractivity contribution is 9.10. The Bertz CT molecular complexity index is 1070. The maximum atomic E-state index is 11.9. The molecule has 2 heterocycles. The summed E-state index contributed by atoms with van der Waals surface area (Å²) in [5.74, 6) is 6.24. The van der Waals surface area contributed by atoms with Gasteiger partial charge in [-0.05, 0) is 54.4 Å². The standard InChI is InChI=1S/C22H24BrN3OS/c1-3-8-17-21(28-20(4-2)22(17)23)15-24-12-7-13-25-26-14-11-19(27)16-9-5-6-10-18(16)26/h5-6,9-11,14,24-25H,4,7,12-13,15H2,1-2H3. The zero-order valence-corrected chi connectivity index (χ0v) is 18.5. The molecule has 2 aromatic heterocycles. The lowest BCUT2D eigenvalue weighted by atomic mass is 10.2. The highest BCUT2D eigenvalue weighted by Crippen LogP contribution is 2.33. The summed E-state index contributed by atoms with van der Waals surface area (Å²) in [6.45, 7) is 6.59. The minimum absolute atomic E-state index is 0.0508. The fraction of sp³-hybridized carbons (Fsp3) is 0.318. The monoisotopic (exact) mass is 457 g/mol. The maximum Gasteiger partial charge on any atom is 0.189 e. The van der Waals surface area contributed by atoms with Crippen molar-refractivity contribution in [2.75, 3.05) is 18.5 Å². The van der Waals surface area contributed by atoms with Gasteiger partial charge in [0, 0.05) is 45.0 Å². The predicted molar refractivity (Wildman–Crippen MR) is 123 cm³/mol. The largest absolute Gasteiger partial charge is 0.326 e. The maximum absolute atomic E-state index is 11.9. The smallest absolute Gasteiger partial charge is 0.189 e. The number of rotatable bonds is 8. The molecule has 28 heavy (non-hydrogen) atoms. The van der Waals surface area contributed by atoms with Crippen LogP contribution in [-0.4, -0.2) is 17.8 Å². The molecule has 146 valence electrons. The van der Waals surface area contributed by atoms with Gasteiger partial charge in [-0.15, -0.1) is 17.3 Å². The van der Waals surface area contributed by atoms with Crippen LogP contribution in [0.15, 0.2) is 45.8 Å². The van der Waals surface area contributed by atoms with Crippen molar-refractivity contribution in [2.24, 2.45) is 0 Å². The lowest BCUT2D eigenvalue weighted by Gasteiger charge is -2.13. The average Bonchev–Trinajstić information content (AvgIpc) is 3.01. The third-order valence-electron chi connectivity index (χ3n) is 4.46. The van der Waals surface area contributed by atoms with Crippen LogP contribution in [0, 0.1) is 11.8 Å². The van der Waals surface area contributed by atoms with Crippen LogP contribution in [0.5, 0.6) is 0 Å². The summed E-state index contributed by atoms with van der Waals surface area (Å²) in [6, 6.07) is 9.25. The van der Waals surface area contributed by atoms with Crippen LogP contribution in [0.1, 0.15) is 35.6 Å². The number of hydrogen-bond donors (Lipinski definition) is 2. The number of benzene rings is 1. The lowest BCUT2D eigenvalue weighted by Crippen LogP contribution is -2.23. The number of nitrogens with one attached hydrogen (secondary N) is 2. The van der Waals surface area contributed by atoms with Gasteiger partial charge in [0.15, 0.2) is 5.43 Å². The molecule has 0 aliphatic carbocycles. The first-order valence-electron chi connectivity index (χ1n) is 9.43. The minimum atomic E-state index is 0.0508. The van der Waals surface area contributed by atoms with Gasteiger partial charge in [0.2, 0.25) is 0 Å². The van der Waals surface area contributed by atoms with Crippen molar-refractivity contribution in [1.29, 1.82) is 0 Å². The fourth-order valence-corrected chi connectivity index (χ4v) is 5.12. The molecule has 1 aromatic carbocycles. The first kappa shape index (κ1) is 20.7. The van der Waals surface area contributed by atoms with E-state index in [-0.39, 0.29) is 5.43 Å². The Morgan fingerprint density at radius 1 is 1.18 bits per heavy atom. The quantitative estimate of drug-likeness (QED) is 0.387. The molecule has 0 bridgehead atoms. The molecule has 3 rings (SSSR count). The van der Waals surface area contributed by atoms with Crippen LogP contribution in [0.25, 0.3) is 10.9 Å². The Morgan fingerprint density at radius 3 is 2.79 bits per heavy atom. The Morgan fingerprint density at radius 2 is 2.00 bits per heavy atom. The van der Waals surface area contributed by atoms with Gasteiger partial charge in [-0.3, -0.25) is 9.47 Å². The van der Waals surface area contributed by atoms with Crippen LogP contribution in [0.2, 0.25) is 0 Å². The van der Waals surface area contributed by atoms with E-state index in [0.717, 1.165) is 53.4 Å². The number of pyridine rings is 1. The van der Waals surface area contributed by atoms with E-state index >= 15 is 0 Å². The van der Waals surface area contributed by atoms with E-state index in [1.807, 2.05) is 47.2 Å². The van der Waals surface area contributed by atoms with Crippen molar-refractivity contribution in [3.8, 4) is 11.8 Å². The van der Waals surface area contributed by atoms with Gasteiger partial charge < -0.3 is 10.7 Å². The molecule has 3 aromatic rings. The summed E-state index contributed by atoms with van der Waals surface area (Å²) in [5, 5.41) is 4.25. The molecule has 0 fully saturated rings. The van der Waals surface area contributed by atoms with E-state index in [1.54, 1.807) is 12.3 Å². The highest BCUT2D eigenvalue weighted by atomic mass is 79.9. The van der Waals surface area contributed by atoms with Crippen molar-refractivity contribution < 1.29 is 0 Å². The molecule has 0 aliphatic heterocycles. The van der Waals surface area contributed by atoms with Gasteiger partial charge in [-0.2, -0.15) is 0 Å². The second kappa shape index (κ2) is 9.92. The van der Waals surface area contributed by atoms with E-state index < -0.39 is 0 Å². The van der Waals surface area contributed by atoms with Crippen molar-refractivity contribution >= 4 is 38.2 Å². The molecule has 4 nitrogen and oxygen atoms in total. The second-order valence-electron chi connectivity index (χ2n) is 6.37. The fourth-order valence-electron chi connectivity index (χ4n) is 3.06. The van der Waals surface area contributed by atoms with Gasteiger partial charge >= 0.3 is 0 Å². The van der Waals surface area contributed by atoms with Crippen molar-refractivity contribution in [2.45, 2.75) is 33.2 Å². The second-order valence-corrected chi connectivity index (χ2v) is 8.35. The van der Waals surface area contributed by atoms with Crippen LogP contribution in [0.3, 0.4) is 0 Å². The molecule has 0 unspecified atom stereocenters. The summed E-state index contributed by atoms with van der Waals surface area (Å²) < 4.78 is 3.08. The zero-order chi connectivity index (χ0) is 19.9. The van der Waals surface area contributed by atoms with Crippen LogP contribution in [-0.2, 0) is 13.0 Å². The number of thiophene rings is 1. The van der Waals surface area contributed by atoms with E-state index in [2.05, 4.69) is 45.4 Å². The van der Waals surface area contributed by atoms with E-state index in [0.29, 0.717) is 0 Å². The molecule has 0 radical (unpaired) electrons. The summed E-state index contributed by atoms with van der Waals surface area (Å²) in [5.41, 5.74) is 5.45. The van der Waals surface area contributed by atoms with Crippen molar-refractivity contribution in [1.82, 2.24) is 9.99 Å². The topological polar surface area (TPSA) is 46.1 Å². The molecule has 0 saturated carbocycles. The summed E-state index contributed by atoms with van der Waals surface area (Å²) >= 11 is 5.52. The molecule has 2 N–H and O–H groups in total. The first-order chi connectivity index (χ1) is 13.7. The van der Waals surface area contributed by atoms with Crippen LogP contribution >= 0.6 is 27.3 Å². The third-order valence-corrected chi connectivity index (χ3v) is 6.93. The lowest BCUT2D eigenvalue weighted by molar-refractivity contribution is 0.653. The van der Waals surface area contributed by atoms with Gasteiger partial charge in [0.25, 0.3) is 0 Å². The van der Waals surface area contributed by atoms with Crippen molar-refractivity contribution in [3.05, 3.63) is 66.5 Å². The number of aromatic nitrogens is 1. The molecule has 0 aliphatic rings. The normalized spacial score (nSPS) is 10.7. The van der Waals surface area contributed by atoms with Crippen molar-refractivity contribution in [3.63, 3.8) is 0 Å². The molecule has 0 saturated heterocycles. The van der Waals surface area contributed by atoms with Gasteiger partial charge in [-0.1, -0.05) is 25.0 Å². The highest BCUT2D eigenvalue weighted by Gasteiger charge is 2.13. The summed E-state index contributed by atoms with van der Waals surface area (Å²) in [4.78, 5) is 14.6. The van der Waals surface area contributed by atoms with E-state index in [9.17, 15) is 4.79 Å². The molecule has 6 heteroatoms. The number of hydrogen-bond acceptors (Lipinski definition) is 4. The minimum Gasteiger partial charge on any atom is -0.326 e. The Balaban J connectivity index is 1.52. The SMILES string of the molecule is CC#Cc1c(CNCCCNn2ccc(=O)c3ccccc32)sc(CC)c1Br. The van der Waals surface area contributed by atoms with Gasteiger partial charge in [0.1, 0.15) is 0 Å². The first-order valence-corrected chi connectivity index (χ1v) is 11.0. The summed E-state index contributed by atoms with van der Waals surface area (Å²) in [6.07, 6.45) is 3.78. The molecular formula is C22H24BrN3OS. The van der Waals surface area contributed by atoms with Crippen LogP contribution < -0.4 is 16.2 Å². The Labute approximate surface area is 178 Å².